The molecule has 7 nitrogen and oxygen atoms in total. The Kier molecular flexibility index (Phi) is 3.57. The molecule has 0 aliphatic rings. The third kappa shape index (κ3) is 2.68. The Balaban J connectivity index is 1.92. The predicted octanol–water partition coefficient (Wildman–Crippen LogP) is 2.89. The van der Waals surface area contributed by atoms with Crippen molar-refractivity contribution in [2.75, 3.05) is 0 Å². The Morgan fingerprint density at radius 2 is 1.88 bits per heavy atom. The van der Waals surface area contributed by atoms with Crippen molar-refractivity contribution in [3.05, 3.63) is 56.5 Å². The molecule has 3 heterocycles. The third-order valence-electron chi connectivity index (χ3n) is 4.03. The van der Waals surface area contributed by atoms with Crippen LogP contribution in [0.1, 0.15) is 11.1 Å². The van der Waals surface area contributed by atoms with E-state index in [0.29, 0.717) is 22.6 Å². The molecule has 8 heteroatoms. The topological polar surface area (TPSA) is 81.4 Å². The van der Waals surface area contributed by atoms with Crippen molar-refractivity contribution in [2.45, 2.75) is 13.8 Å². The molecule has 126 valence electrons. The van der Waals surface area contributed by atoms with E-state index in [1.807, 2.05) is 33.0 Å². The van der Waals surface area contributed by atoms with Gasteiger partial charge in [-0.05, 0) is 43.2 Å². The quantitative estimate of drug-likeness (QED) is 0.562. The van der Waals surface area contributed by atoms with Gasteiger partial charge in [-0.15, -0.1) is 5.10 Å². The lowest BCUT2D eigenvalue weighted by atomic mass is 10.1. The Labute approximate surface area is 151 Å². The molecule has 1 N–H and O–H groups in total. The number of hydrogen-bond donors (Lipinski definition) is 1. The standard InChI is InChI=1S/C17H15BrN6O/c1-9-6-11(18)7-10(2)14(9)24-8-12-15(22-24)19-16(20-17(12)25)13-4-5-23(3)21-13/h4-8H,1-3H3,(H,19,20,22,25). The number of aromatic nitrogens is 6. The molecule has 1 aromatic carbocycles. The van der Waals surface area contributed by atoms with Gasteiger partial charge in [0.15, 0.2) is 11.5 Å². The number of H-pyrrole nitrogens is 1. The predicted molar refractivity (Wildman–Crippen MR) is 98.9 cm³/mol. The molecule has 25 heavy (non-hydrogen) atoms. The molecule has 0 fully saturated rings. The third-order valence-corrected chi connectivity index (χ3v) is 4.49. The second-order valence-corrected chi connectivity index (χ2v) is 6.90. The van der Waals surface area contributed by atoms with E-state index in [0.717, 1.165) is 21.3 Å². The first-order chi connectivity index (χ1) is 11.9. The highest BCUT2D eigenvalue weighted by molar-refractivity contribution is 9.10. The van der Waals surface area contributed by atoms with Gasteiger partial charge in [-0.25, -0.2) is 9.67 Å². The summed E-state index contributed by atoms with van der Waals surface area (Å²) < 4.78 is 4.38. The summed E-state index contributed by atoms with van der Waals surface area (Å²) >= 11 is 3.50. The van der Waals surface area contributed by atoms with Gasteiger partial charge in [-0.3, -0.25) is 9.48 Å². The average molecular weight is 399 g/mol. The van der Waals surface area contributed by atoms with Crippen molar-refractivity contribution in [3.8, 4) is 17.2 Å². The van der Waals surface area contributed by atoms with Crippen LogP contribution in [0.4, 0.5) is 0 Å². The summed E-state index contributed by atoms with van der Waals surface area (Å²) in [5.41, 5.74) is 3.82. The number of nitrogens with zero attached hydrogens (tertiary/aromatic N) is 5. The largest absolute Gasteiger partial charge is 0.304 e. The fourth-order valence-electron chi connectivity index (χ4n) is 2.96. The number of aryl methyl sites for hydroxylation is 3. The molecule has 0 saturated carbocycles. The highest BCUT2D eigenvalue weighted by Gasteiger charge is 2.14. The van der Waals surface area contributed by atoms with Crippen molar-refractivity contribution in [2.24, 2.45) is 7.05 Å². The van der Waals surface area contributed by atoms with Crippen LogP contribution in [-0.4, -0.2) is 29.5 Å². The lowest BCUT2D eigenvalue weighted by molar-refractivity contribution is 0.768. The summed E-state index contributed by atoms with van der Waals surface area (Å²) in [6.45, 7) is 4.02. The van der Waals surface area contributed by atoms with Gasteiger partial charge in [0.2, 0.25) is 0 Å². The van der Waals surface area contributed by atoms with E-state index in [9.17, 15) is 4.79 Å². The van der Waals surface area contributed by atoms with E-state index in [4.69, 9.17) is 0 Å². The van der Waals surface area contributed by atoms with Gasteiger partial charge in [0.1, 0.15) is 11.1 Å². The number of rotatable bonds is 2. The van der Waals surface area contributed by atoms with Gasteiger partial charge in [0, 0.05) is 23.9 Å². The molecule has 3 aromatic heterocycles. The van der Waals surface area contributed by atoms with Gasteiger partial charge < -0.3 is 4.98 Å². The van der Waals surface area contributed by atoms with Crippen molar-refractivity contribution in [1.82, 2.24) is 29.5 Å². The van der Waals surface area contributed by atoms with E-state index in [2.05, 4.69) is 36.1 Å². The van der Waals surface area contributed by atoms with Crippen molar-refractivity contribution in [1.29, 1.82) is 0 Å². The fraction of sp³-hybridized carbons (Fsp3) is 0.176. The Bertz CT molecular complexity index is 1150. The Hall–Kier alpha value is -2.74. The summed E-state index contributed by atoms with van der Waals surface area (Å²) in [5, 5.41) is 9.25. The van der Waals surface area contributed by atoms with Crippen LogP contribution >= 0.6 is 15.9 Å². The number of halogens is 1. The van der Waals surface area contributed by atoms with Crippen molar-refractivity contribution >= 4 is 27.0 Å². The Morgan fingerprint density at radius 3 is 2.52 bits per heavy atom. The number of nitrogens with one attached hydrogen (secondary N) is 1. The molecular formula is C17H15BrN6O. The molecule has 0 unspecified atom stereocenters. The normalized spacial score (nSPS) is 11.4. The number of hydrogen-bond acceptors (Lipinski definition) is 4. The molecule has 4 rings (SSSR count). The number of aromatic amines is 1. The van der Waals surface area contributed by atoms with E-state index in [-0.39, 0.29) is 5.56 Å². The minimum atomic E-state index is -0.232. The zero-order valence-corrected chi connectivity index (χ0v) is 15.5. The molecular weight excluding hydrogens is 384 g/mol. The molecule has 0 atom stereocenters. The number of fused-ring (bicyclic) bond motifs is 1. The van der Waals surface area contributed by atoms with Crippen LogP contribution in [0.5, 0.6) is 0 Å². The summed E-state index contributed by atoms with van der Waals surface area (Å²) in [5.74, 6) is 0.410. The highest BCUT2D eigenvalue weighted by Crippen LogP contribution is 2.24. The maximum absolute atomic E-state index is 12.5. The van der Waals surface area contributed by atoms with Crippen molar-refractivity contribution < 1.29 is 0 Å². The lowest BCUT2D eigenvalue weighted by Gasteiger charge is -2.10. The molecule has 0 aliphatic carbocycles. The second kappa shape index (κ2) is 5.66. The van der Waals surface area contributed by atoms with Gasteiger partial charge in [0.05, 0.1) is 5.69 Å². The van der Waals surface area contributed by atoms with Gasteiger partial charge >= 0.3 is 0 Å². The van der Waals surface area contributed by atoms with E-state index < -0.39 is 0 Å². The first-order valence-electron chi connectivity index (χ1n) is 7.69. The SMILES string of the molecule is Cc1cc(Br)cc(C)c1-n1cc2c(=O)[nH]c(-c3ccn(C)n3)nc2n1. The van der Waals surface area contributed by atoms with Gasteiger partial charge in [-0.1, -0.05) is 15.9 Å². The maximum atomic E-state index is 12.5. The summed E-state index contributed by atoms with van der Waals surface area (Å²) in [7, 11) is 1.81. The molecule has 0 bridgehead atoms. The van der Waals surface area contributed by atoms with E-state index in [1.165, 1.54) is 0 Å². The summed E-state index contributed by atoms with van der Waals surface area (Å²) in [6.07, 6.45) is 3.51. The van der Waals surface area contributed by atoms with Crippen LogP contribution < -0.4 is 5.56 Å². The van der Waals surface area contributed by atoms with Crippen LogP contribution in [0.25, 0.3) is 28.2 Å². The van der Waals surface area contributed by atoms with Gasteiger partial charge in [0.25, 0.3) is 5.56 Å². The lowest BCUT2D eigenvalue weighted by Crippen LogP contribution is -2.08. The average Bonchev–Trinajstić information content (AvgIpc) is 3.12. The molecule has 0 amide bonds. The highest BCUT2D eigenvalue weighted by atomic mass is 79.9. The van der Waals surface area contributed by atoms with E-state index in [1.54, 1.807) is 27.8 Å². The molecule has 0 saturated heterocycles. The molecule has 4 aromatic rings. The second-order valence-electron chi connectivity index (χ2n) is 5.99. The minimum Gasteiger partial charge on any atom is -0.304 e. The number of benzene rings is 1. The fourth-order valence-corrected chi connectivity index (χ4v) is 3.64. The molecule has 0 radical (unpaired) electrons. The summed E-state index contributed by atoms with van der Waals surface area (Å²) in [6, 6.07) is 5.83. The van der Waals surface area contributed by atoms with Gasteiger partial charge in [-0.2, -0.15) is 5.10 Å². The minimum absolute atomic E-state index is 0.232. The first-order valence-corrected chi connectivity index (χ1v) is 8.48. The maximum Gasteiger partial charge on any atom is 0.262 e. The van der Waals surface area contributed by atoms with Crippen LogP contribution in [0, 0.1) is 13.8 Å². The van der Waals surface area contributed by atoms with E-state index >= 15 is 0 Å². The van der Waals surface area contributed by atoms with Crippen LogP contribution in [0.3, 0.4) is 0 Å². The molecule has 0 aliphatic heterocycles. The zero-order valence-electron chi connectivity index (χ0n) is 13.9. The van der Waals surface area contributed by atoms with Crippen LogP contribution in [-0.2, 0) is 7.05 Å². The first kappa shape index (κ1) is 15.8. The monoisotopic (exact) mass is 398 g/mol. The van der Waals surface area contributed by atoms with Crippen LogP contribution in [0.15, 0.2) is 39.9 Å². The molecule has 0 spiro atoms. The smallest absolute Gasteiger partial charge is 0.262 e. The van der Waals surface area contributed by atoms with Crippen LogP contribution in [0.2, 0.25) is 0 Å². The van der Waals surface area contributed by atoms with Crippen molar-refractivity contribution in [3.63, 3.8) is 0 Å². The summed E-state index contributed by atoms with van der Waals surface area (Å²) in [4.78, 5) is 19.7. The Morgan fingerprint density at radius 1 is 1.16 bits per heavy atom. The zero-order chi connectivity index (χ0) is 17.7.